The van der Waals surface area contributed by atoms with E-state index in [4.69, 9.17) is 10.8 Å². The van der Waals surface area contributed by atoms with Crippen LogP contribution >= 0.6 is 11.8 Å². The van der Waals surface area contributed by atoms with E-state index in [1.807, 2.05) is 53.9 Å². The number of rotatable bonds is 6. The molecule has 4 rings (SSSR count). The predicted molar refractivity (Wildman–Crippen MR) is 117 cm³/mol. The number of benzene rings is 2. The first-order valence-electron chi connectivity index (χ1n) is 9.73. The van der Waals surface area contributed by atoms with Gasteiger partial charge < -0.3 is 10.3 Å². The van der Waals surface area contributed by atoms with Crippen LogP contribution in [0, 0.1) is 18.6 Å². The van der Waals surface area contributed by atoms with Gasteiger partial charge in [-0.15, -0.1) is 0 Å². The minimum Gasteiger partial charge on any atom is -0.330 e. The summed E-state index contributed by atoms with van der Waals surface area (Å²) in [5.74, 6) is -0.387. The Morgan fingerprint density at radius 3 is 2.57 bits per heavy atom. The van der Waals surface area contributed by atoms with E-state index >= 15 is 0 Å². The summed E-state index contributed by atoms with van der Waals surface area (Å²) >= 11 is 1.41. The largest absolute Gasteiger partial charge is 0.330 e. The van der Waals surface area contributed by atoms with Crippen LogP contribution in [0.1, 0.15) is 29.7 Å². The first kappa shape index (κ1) is 20.6. The van der Waals surface area contributed by atoms with Gasteiger partial charge in [0.25, 0.3) is 0 Å². The minimum absolute atomic E-state index is 0.140. The van der Waals surface area contributed by atoms with Crippen molar-refractivity contribution in [3.8, 4) is 0 Å². The van der Waals surface area contributed by atoms with Crippen molar-refractivity contribution in [1.29, 1.82) is 0 Å². The Balaban J connectivity index is 1.91. The highest BCUT2D eigenvalue weighted by molar-refractivity contribution is 8.15. The fourth-order valence-electron chi connectivity index (χ4n) is 3.57. The van der Waals surface area contributed by atoms with Crippen LogP contribution < -0.4 is 10.7 Å². The highest BCUT2D eigenvalue weighted by atomic mass is 32.2. The topological polar surface area (TPSA) is 59.4 Å². The maximum atomic E-state index is 14.6. The summed E-state index contributed by atoms with van der Waals surface area (Å²) in [4.78, 5) is 3.88. The van der Waals surface area contributed by atoms with Crippen molar-refractivity contribution in [1.82, 2.24) is 9.55 Å². The standard InChI is InChI=1S/C22H23F2N5S/c1-15-14-26-21(28(15)2)29-22(11-6-12-25,16-7-4-3-5-8-16)30-20(27-29)18-13-17(23)9-10-19(18)24/h3-5,7-10,13-14H,6,11-12,25H2,1-2H3. The van der Waals surface area contributed by atoms with Gasteiger partial charge in [-0.25, -0.2) is 18.8 Å². The number of imidazole rings is 1. The van der Waals surface area contributed by atoms with Gasteiger partial charge in [0, 0.05) is 18.3 Å². The van der Waals surface area contributed by atoms with Crippen molar-refractivity contribution in [2.45, 2.75) is 24.6 Å². The molecule has 0 amide bonds. The molecule has 2 aromatic carbocycles. The van der Waals surface area contributed by atoms with Crippen LogP contribution in [-0.2, 0) is 11.9 Å². The molecule has 8 heteroatoms. The Labute approximate surface area is 178 Å². The van der Waals surface area contributed by atoms with E-state index in [1.54, 1.807) is 6.20 Å². The van der Waals surface area contributed by atoms with E-state index in [2.05, 4.69) is 4.98 Å². The molecular weight excluding hydrogens is 404 g/mol. The van der Waals surface area contributed by atoms with Crippen molar-refractivity contribution in [2.75, 3.05) is 11.6 Å². The first-order chi connectivity index (χ1) is 14.5. The Morgan fingerprint density at radius 2 is 1.90 bits per heavy atom. The molecule has 30 heavy (non-hydrogen) atoms. The lowest BCUT2D eigenvalue weighted by molar-refractivity contribution is 0.513. The number of hydrogen-bond acceptors (Lipinski definition) is 5. The fourth-order valence-corrected chi connectivity index (χ4v) is 4.99. The monoisotopic (exact) mass is 427 g/mol. The number of nitrogens with zero attached hydrogens (tertiary/aromatic N) is 4. The van der Waals surface area contributed by atoms with Gasteiger partial charge in [-0.05, 0) is 50.1 Å². The molecule has 0 fully saturated rings. The summed E-state index contributed by atoms with van der Waals surface area (Å²) in [5, 5.41) is 7.01. The Bertz CT molecular complexity index is 1080. The Morgan fingerprint density at radius 1 is 1.13 bits per heavy atom. The van der Waals surface area contributed by atoms with Gasteiger partial charge in [-0.3, -0.25) is 0 Å². The molecule has 5 nitrogen and oxygen atoms in total. The number of hydrazone groups is 1. The highest BCUT2D eigenvalue weighted by Gasteiger charge is 2.48. The first-order valence-corrected chi connectivity index (χ1v) is 10.5. The molecule has 0 spiro atoms. The average Bonchev–Trinajstić information content (AvgIpc) is 3.30. The lowest BCUT2D eigenvalue weighted by Gasteiger charge is -2.36. The molecule has 3 aromatic rings. The highest BCUT2D eigenvalue weighted by Crippen LogP contribution is 2.51. The quantitative estimate of drug-likeness (QED) is 0.629. The zero-order valence-electron chi connectivity index (χ0n) is 16.8. The number of nitrogens with two attached hydrogens (primary N) is 1. The van der Waals surface area contributed by atoms with E-state index in [0.29, 0.717) is 24.0 Å². The molecule has 2 heterocycles. The normalized spacial score (nSPS) is 18.7. The molecule has 1 aliphatic rings. The van der Waals surface area contributed by atoms with E-state index in [-0.39, 0.29) is 5.56 Å². The molecule has 0 saturated carbocycles. The number of thioether (sulfide) groups is 1. The zero-order chi connectivity index (χ0) is 21.3. The number of anilines is 1. The predicted octanol–water partition coefficient (Wildman–Crippen LogP) is 4.51. The van der Waals surface area contributed by atoms with E-state index in [0.717, 1.165) is 29.8 Å². The SMILES string of the molecule is Cc1cnc(N2N=C(c3cc(F)ccc3F)SC2(CCCN)c2ccccc2)n1C. The molecule has 0 bridgehead atoms. The zero-order valence-corrected chi connectivity index (χ0v) is 17.7. The molecule has 1 atom stereocenters. The summed E-state index contributed by atoms with van der Waals surface area (Å²) in [6, 6.07) is 13.3. The van der Waals surface area contributed by atoms with E-state index in [9.17, 15) is 8.78 Å². The van der Waals surface area contributed by atoms with Crippen LogP contribution in [0.5, 0.6) is 0 Å². The summed E-state index contributed by atoms with van der Waals surface area (Å²) in [5.41, 5.74) is 7.96. The molecule has 2 N–H and O–H groups in total. The smallest absolute Gasteiger partial charge is 0.228 e. The van der Waals surface area contributed by atoms with Gasteiger partial charge in [0.05, 0.1) is 6.20 Å². The third-order valence-corrected chi connectivity index (χ3v) is 6.73. The summed E-state index contributed by atoms with van der Waals surface area (Å²) in [7, 11) is 1.91. The third-order valence-electron chi connectivity index (χ3n) is 5.29. The van der Waals surface area contributed by atoms with E-state index < -0.39 is 16.5 Å². The molecule has 1 aliphatic heterocycles. The lowest BCUT2D eigenvalue weighted by Crippen LogP contribution is -2.39. The lowest BCUT2D eigenvalue weighted by atomic mass is 10.0. The second-order valence-corrected chi connectivity index (χ2v) is 8.51. The van der Waals surface area contributed by atoms with Crippen LogP contribution in [-0.4, -0.2) is 21.1 Å². The molecular formula is C22H23F2N5S. The molecule has 0 radical (unpaired) electrons. The van der Waals surface area contributed by atoms with Crippen LogP contribution in [0.2, 0.25) is 0 Å². The van der Waals surface area contributed by atoms with E-state index in [1.165, 1.54) is 17.8 Å². The number of halogens is 2. The Kier molecular flexibility index (Phi) is 5.62. The summed E-state index contributed by atoms with van der Waals surface area (Å²) < 4.78 is 30.5. The minimum atomic E-state index is -0.680. The van der Waals surface area contributed by atoms with Gasteiger partial charge in [-0.2, -0.15) is 5.10 Å². The van der Waals surface area contributed by atoms with Gasteiger partial charge in [0.2, 0.25) is 5.95 Å². The van der Waals surface area contributed by atoms with Crippen molar-refractivity contribution in [2.24, 2.45) is 17.9 Å². The number of aryl methyl sites for hydroxylation is 1. The molecule has 156 valence electrons. The molecule has 0 saturated heterocycles. The van der Waals surface area contributed by atoms with Crippen molar-refractivity contribution >= 4 is 22.8 Å². The van der Waals surface area contributed by atoms with Gasteiger partial charge in [-0.1, -0.05) is 42.1 Å². The van der Waals surface area contributed by atoms with Gasteiger partial charge in [0.15, 0.2) is 0 Å². The van der Waals surface area contributed by atoms with Crippen LogP contribution in [0.15, 0.2) is 59.8 Å². The third kappa shape index (κ3) is 3.50. The number of hydrogen-bond donors (Lipinski definition) is 1. The van der Waals surface area contributed by atoms with Crippen molar-refractivity contribution in [3.05, 3.63) is 83.2 Å². The maximum Gasteiger partial charge on any atom is 0.228 e. The van der Waals surface area contributed by atoms with Gasteiger partial charge >= 0.3 is 0 Å². The summed E-state index contributed by atoms with van der Waals surface area (Å²) in [6.07, 6.45) is 3.17. The fraction of sp³-hybridized carbons (Fsp3) is 0.273. The number of aromatic nitrogens is 2. The molecule has 1 unspecified atom stereocenters. The van der Waals surface area contributed by atoms with Gasteiger partial charge in [0.1, 0.15) is 21.5 Å². The Hall–Kier alpha value is -2.71. The van der Waals surface area contributed by atoms with Crippen LogP contribution in [0.3, 0.4) is 0 Å². The maximum absolute atomic E-state index is 14.6. The molecule has 1 aromatic heterocycles. The molecule has 0 aliphatic carbocycles. The summed E-state index contributed by atoms with van der Waals surface area (Å²) in [6.45, 7) is 2.47. The second kappa shape index (κ2) is 8.20. The van der Waals surface area contributed by atoms with Crippen LogP contribution in [0.4, 0.5) is 14.7 Å². The van der Waals surface area contributed by atoms with Crippen molar-refractivity contribution in [3.63, 3.8) is 0 Å². The second-order valence-electron chi connectivity index (χ2n) is 7.24. The van der Waals surface area contributed by atoms with Crippen LogP contribution in [0.25, 0.3) is 0 Å². The van der Waals surface area contributed by atoms with Crippen molar-refractivity contribution < 1.29 is 8.78 Å². The average molecular weight is 428 g/mol.